The monoisotopic (exact) mass is 522 g/mol. The van der Waals surface area contributed by atoms with Gasteiger partial charge >= 0.3 is 0 Å². The topological polar surface area (TPSA) is 128 Å². The summed E-state index contributed by atoms with van der Waals surface area (Å²) in [6.45, 7) is 5.38. The van der Waals surface area contributed by atoms with Crippen LogP contribution in [0.1, 0.15) is 41.0 Å². The Morgan fingerprint density at radius 1 is 1.05 bits per heavy atom. The Labute approximate surface area is 222 Å². The number of benzene rings is 1. The minimum absolute atomic E-state index is 0.0316. The predicted octanol–water partition coefficient (Wildman–Crippen LogP) is 4.26. The normalized spacial score (nSPS) is 13.8. The van der Waals surface area contributed by atoms with Gasteiger partial charge in [-0.3, -0.25) is 9.59 Å². The third-order valence-electron chi connectivity index (χ3n) is 6.79. The fourth-order valence-corrected chi connectivity index (χ4v) is 4.65. The maximum absolute atomic E-state index is 14.4. The number of anilines is 2. The molecule has 5 heterocycles. The average molecular weight is 523 g/mol. The predicted molar refractivity (Wildman–Crippen MR) is 143 cm³/mol. The number of aromatic nitrogens is 6. The van der Waals surface area contributed by atoms with Gasteiger partial charge in [0, 0.05) is 23.5 Å². The molecule has 0 saturated heterocycles. The van der Waals surface area contributed by atoms with Crippen LogP contribution in [0.15, 0.2) is 60.9 Å². The van der Waals surface area contributed by atoms with Crippen molar-refractivity contribution in [3.8, 4) is 11.5 Å². The number of amides is 2. The van der Waals surface area contributed by atoms with E-state index in [0.29, 0.717) is 33.7 Å². The quantitative estimate of drug-likeness (QED) is 0.353. The number of aryl methyl sites for hydroxylation is 1. The summed E-state index contributed by atoms with van der Waals surface area (Å²) in [6, 6.07) is 13.6. The van der Waals surface area contributed by atoms with Gasteiger partial charge < -0.3 is 10.6 Å². The molecular formula is C28H23FN8O2. The van der Waals surface area contributed by atoms with Gasteiger partial charge in [-0.05, 0) is 50.6 Å². The largest absolute Gasteiger partial charge is 0.310 e. The van der Waals surface area contributed by atoms with Crippen LogP contribution < -0.4 is 10.6 Å². The van der Waals surface area contributed by atoms with E-state index >= 15 is 0 Å². The molecule has 194 valence electrons. The first-order valence-electron chi connectivity index (χ1n) is 12.3. The number of nitrogens with one attached hydrogen (secondary N) is 2. The fourth-order valence-electron chi connectivity index (χ4n) is 4.65. The number of nitrogens with zero attached hydrogens (tertiary/aromatic N) is 6. The zero-order valence-electron chi connectivity index (χ0n) is 21.4. The number of pyridine rings is 2. The first kappa shape index (κ1) is 24.3. The standard InChI is InChI=1S/C28H23FN8O2/c1-15-8-6-12-30-22(15)34-26(38)21-19-23(35-27(39)28(19,2)3)33-24(32-21)20-17-10-7-13-31-25(17)37(36-20)14-16-9-4-5-11-18(16)29/h4-13H,14H2,1-3H3,(H,30,34,38)(H,32,33,35,39). The highest BCUT2D eigenvalue weighted by Crippen LogP contribution is 2.40. The van der Waals surface area contributed by atoms with Crippen LogP contribution in [-0.2, 0) is 16.8 Å². The van der Waals surface area contributed by atoms with Gasteiger partial charge in [0.15, 0.2) is 11.5 Å². The van der Waals surface area contributed by atoms with Crippen molar-refractivity contribution in [2.24, 2.45) is 0 Å². The second-order valence-corrected chi connectivity index (χ2v) is 9.79. The highest BCUT2D eigenvalue weighted by atomic mass is 19.1. The average Bonchev–Trinajstić information content (AvgIpc) is 3.40. The SMILES string of the molecule is Cc1cccnc1NC(=O)c1nc(-c2nn(Cc3ccccc3F)c3ncccc23)nc2c1C(C)(C)C(=O)N2. The van der Waals surface area contributed by atoms with Crippen molar-refractivity contribution >= 4 is 34.5 Å². The Balaban J connectivity index is 1.51. The van der Waals surface area contributed by atoms with Crippen LogP contribution in [0.3, 0.4) is 0 Å². The third kappa shape index (κ3) is 4.08. The molecule has 0 atom stereocenters. The van der Waals surface area contributed by atoms with Crippen molar-refractivity contribution in [2.45, 2.75) is 32.7 Å². The number of halogens is 1. The second-order valence-electron chi connectivity index (χ2n) is 9.79. The summed E-state index contributed by atoms with van der Waals surface area (Å²) < 4.78 is 16.0. The lowest BCUT2D eigenvalue weighted by Crippen LogP contribution is -2.29. The number of fused-ring (bicyclic) bond motifs is 2. The minimum atomic E-state index is -1.05. The molecular weight excluding hydrogens is 499 g/mol. The Bertz CT molecular complexity index is 1800. The molecule has 4 aromatic heterocycles. The molecule has 0 aliphatic carbocycles. The molecule has 2 amide bonds. The van der Waals surface area contributed by atoms with E-state index in [9.17, 15) is 14.0 Å². The van der Waals surface area contributed by atoms with Crippen LogP contribution in [0.25, 0.3) is 22.6 Å². The first-order valence-corrected chi connectivity index (χ1v) is 12.3. The van der Waals surface area contributed by atoms with E-state index < -0.39 is 11.3 Å². The molecule has 0 saturated carbocycles. The van der Waals surface area contributed by atoms with Gasteiger partial charge in [-0.1, -0.05) is 24.3 Å². The highest BCUT2D eigenvalue weighted by molar-refractivity contribution is 6.12. The van der Waals surface area contributed by atoms with Crippen molar-refractivity contribution in [3.63, 3.8) is 0 Å². The molecule has 5 aromatic rings. The van der Waals surface area contributed by atoms with Crippen LogP contribution in [0, 0.1) is 12.7 Å². The zero-order chi connectivity index (χ0) is 27.3. The number of rotatable bonds is 5. The summed E-state index contributed by atoms with van der Waals surface area (Å²) in [5, 5.41) is 10.9. The molecule has 0 spiro atoms. The Morgan fingerprint density at radius 3 is 2.62 bits per heavy atom. The summed E-state index contributed by atoms with van der Waals surface area (Å²) >= 11 is 0. The van der Waals surface area contributed by atoms with E-state index in [4.69, 9.17) is 0 Å². The highest BCUT2D eigenvalue weighted by Gasteiger charge is 2.44. The maximum atomic E-state index is 14.4. The number of carbonyl (C=O) groups excluding carboxylic acids is 2. The van der Waals surface area contributed by atoms with Gasteiger partial charge in [0.2, 0.25) is 5.91 Å². The van der Waals surface area contributed by atoms with Crippen molar-refractivity contribution in [1.82, 2.24) is 29.7 Å². The lowest BCUT2D eigenvalue weighted by atomic mass is 9.85. The smallest absolute Gasteiger partial charge is 0.275 e. The first-order chi connectivity index (χ1) is 18.7. The van der Waals surface area contributed by atoms with Gasteiger partial charge in [-0.2, -0.15) is 5.10 Å². The summed E-state index contributed by atoms with van der Waals surface area (Å²) in [5.41, 5.74) is 1.43. The summed E-state index contributed by atoms with van der Waals surface area (Å²) in [6.07, 6.45) is 3.20. The van der Waals surface area contributed by atoms with Gasteiger partial charge in [-0.25, -0.2) is 29.0 Å². The molecule has 1 aromatic carbocycles. The number of hydrogen-bond donors (Lipinski definition) is 2. The lowest BCUT2D eigenvalue weighted by Gasteiger charge is -2.18. The van der Waals surface area contributed by atoms with Gasteiger partial charge in [-0.15, -0.1) is 0 Å². The van der Waals surface area contributed by atoms with Gasteiger partial charge in [0.05, 0.1) is 17.3 Å². The summed E-state index contributed by atoms with van der Waals surface area (Å²) in [5.74, 6) is -0.451. The summed E-state index contributed by atoms with van der Waals surface area (Å²) in [4.78, 5) is 44.4. The van der Waals surface area contributed by atoms with Gasteiger partial charge in [0.25, 0.3) is 5.91 Å². The number of hydrogen-bond acceptors (Lipinski definition) is 7. The molecule has 6 rings (SSSR count). The zero-order valence-corrected chi connectivity index (χ0v) is 21.4. The van der Waals surface area contributed by atoms with Crippen molar-refractivity contribution in [3.05, 3.63) is 89.1 Å². The Kier molecular flexibility index (Phi) is 5.63. The molecule has 0 bridgehead atoms. The van der Waals surface area contributed by atoms with Crippen LogP contribution in [0.2, 0.25) is 0 Å². The van der Waals surface area contributed by atoms with E-state index in [1.54, 1.807) is 67.3 Å². The van der Waals surface area contributed by atoms with Crippen LogP contribution in [0.5, 0.6) is 0 Å². The second kappa shape index (κ2) is 9.05. The van der Waals surface area contributed by atoms with Crippen molar-refractivity contribution in [1.29, 1.82) is 0 Å². The van der Waals surface area contributed by atoms with Crippen LogP contribution >= 0.6 is 0 Å². The van der Waals surface area contributed by atoms with Gasteiger partial charge in [0.1, 0.15) is 28.8 Å². The summed E-state index contributed by atoms with van der Waals surface area (Å²) in [7, 11) is 0. The third-order valence-corrected chi connectivity index (χ3v) is 6.79. The fraction of sp³-hybridized carbons (Fsp3) is 0.179. The van der Waals surface area contributed by atoms with Crippen molar-refractivity contribution in [2.75, 3.05) is 10.6 Å². The van der Waals surface area contributed by atoms with Crippen LogP contribution in [-0.4, -0.2) is 41.5 Å². The van der Waals surface area contributed by atoms with Crippen LogP contribution in [0.4, 0.5) is 16.0 Å². The Hall–Kier alpha value is -5.06. The minimum Gasteiger partial charge on any atom is -0.310 e. The molecule has 11 heteroatoms. The van der Waals surface area contributed by atoms with E-state index in [-0.39, 0.29) is 35.6 Å². The van der Waals surface area contributed by atoms with E-state index in [1.807, 2.05) is 13.0 Å². The lowest BCUT2D eigenvalue weighted by molar-refractivity contribution is -0.119. The molecule has 0 radical (unpaired) electrons. The molecule has 0 unspecified atom stereocenters. The van der Waals surface area contributed by atoms with E-state index in [2.05, 4.69) is 35.7 Å². The molecule has 39 heavy (non-hydrogen) atoms. The molecule has 2 N–H and O–H groups in total. The Morgan fingerprint density at radius 2 is 1.82 bits per heavy atom. The molecule has 0 fully saturated rings. The van der Waals surface area contributed by atoms with E-state index in [0.717, 1.165) is 5.56 Å². The molecule has 1 aliphatic heterocycles. The molecule has 10 nitrogen and oxygen atoms in total. The molecule has 1 aliphatic rings. The van der Waals surface area contributed by atoms with Crippen molar-refractivity contribution < 1.29 is 14.0 Å². The number of carbonyl (C=O) groups is 2. The van der Waals surface area contributed by atoms with E-state index in [1.165, 1.54) is 6.07 Å². The maximum Gasteiger partial charge on any atom is 0.275 e.